The Morgan fingerprint density at radius 1 is 1.22 bits per heavy atom. The molecule has 4 N–H and O–H groups in total. The number of nitrogens with zero attached hydrogens (tertiary/aromatic N) is 4. The number of amidine groups is 1. The fourth-order valence-corrected chi connectivity index (χ4v) is 3.85. The van der Waals surface area contributed by atoms with Gasteiger partial charge in [0.05, 0.1) is 16.8 Å². The highest BCUT2D eigenvalue weighted by molar-refractivity contribution is 7.72. The molecule has 32 heavy (non-hydrogen) atoms. The zero-order valence-corrected chi connectivity index (χ0v) is 18.6. The largest absolute Gasteiger partial charge is 0.382 e. The van der Waals surface area contributed by atoms with Crippen LogP contribution in [-0.4, -0.2) is 30.3 Å². The molecule has 0 amide bonds. The third-order valence-electron chi connectivity index (χ3n) is 4.47. The van der Waals surface area contributed by atoms with Crippen molar-refractivity contribution in [3.8, 4) is 6.07 Å². The average molecular weight is 470 g/mol. The Balaban J connectivity index is 2.11. The van der Waals surface area contributed by atoms with E-state index in [0.29, 0.717) is 12.3 Å². The molecule has 1 heterocycles. The monoisotopic (exact) mass is 469 g/mol. The molecule has 0 aliphatic rings. The van der Waals surface area contributed by atoms with E-state index in [-0.39, 0.29) is 32.8 Å². The summed E-state index contributed by atoms with van der Waals surface area (Å²) >= 11 is 6.11. The van der Waals surface area contributed by atoms with Gasteiger partial charge in [-0.3, -0.25) is 0 Å². The van der Waals surface area contributed by atoms with E-state index >= 15 is 0 Å². The molecule has 1 unspecified atom stereocenters. The van der Waals surface area contributed by atoms with E-state index in [1.54, 1.807) is 12.1 Å². The quantitative estimate of drug-likeness (QED) is 0.233. The lowest BCUT2D eigenvalue weighted by Gasteiger charge is -2.22. The van der Waals surface area contributed by atoms with Gasteiger partial charge in [0.15, 0.2) is 10.7 Å². The number of thiol groups is 1. The van der Waals surface area contributed by atoms with Crippen molar-refractivity contribution in [3.63, 3.8) is 0 Å². The Kier molecular flexibility index (Phi) is 7.59. The Morgan fingerprint density at radius 3 is 2.62 bits per heavy atom. The first-order valence-corrected chi connectivity index (χ1v) is 11.1. The predicted molar refractivity (Wildman–Crippen MR) is 126 cm³/mol. The highest BCUT2D eigenvalue weighted by Crippen LogP contribution is 2.29. The molecule has 0 aliphatic heterocycles. The molecule has 3 rings (SSSR count). The molecule has 1 atom stereocenters. The molecule has 3 aromatic rings. The molecule has 9 nitrogen and oxygen atoms in total. The van der Waals surface area contributed by atoms with Gasteiger partial charge in [-0.15, -0.1) is 0 Å². The number of hydrogen-bond acceptors (Lipinski definition) is 8. The molecule has 0 radical (unpaired) electrons. The van der Waals surface area contributed by atoms with E-state index in [0.717, 1.165) is 5.69 Å². The van der Waals surface area contributed by atoms with Crippen LogP contribution in [0.25, 0.3) is 0 Å². The van der Waals surface area contributed by atoms with Crippen LogP contribution in [-0.2, 0) is 10.7 Å². The van der Waals surface area contributed by atoms with Crippen LogP contribution in [0.5, 0.6) is 0 Å². The number of nitrogens with two attached hydrogens (primary N) is 1. The van der Waals surface area contributed by atoms with Crippen molar-refractivity contribution < 1.29 is 8.42 Å². The number of nitrogen functional groups attached to an aromatic ring is 1. The number of rotatable bonds is 7. The summed E-state index contributed by atoms with van der Waals surface area (Å²) in [6, 6.07) is 15.5. The van der Waals surface area contributed by atoms with E-state index in [2.05, 4.69) is 25.6 Å². The molecule has 0 aliphatic carbocycles. The summed E-state index contributed by atoms with van der Waals surface area (Å²) < 4.78 is 23.6. The van der Waals surface area contributed by atoms with Crippen LogP contribution in [0, 0.1) is 11.3 Å². The number of anilines is 3. The molecule has 0 bridgehead atoms. The predicted octanol–water partition coefficient (Wildman–Crippen LogP) is 3.59. The van der Waals surface area contributed by atoms with Crippen molar-refractivity contribution in [2.45, 2.75) is 24.3 Å². The van der Waals surface area contributed by atoms with Crippen LogP contribution in [0.2, 0.25) is 5.02 Å². The van der Waals surface area contributed by atoms with Crippen LogP contribution < -0.4 is 16.4 Å². The van der Waals surface area contributed by atoms with Crippen molar-refractivity contribution in [2.24, 2.45) is 4.99 Å². The lowest BCUT2D eigenvalue weighted by molar-refractivity contribution is 0.615. The number of nitrogens with one attached hydrogen (secondary N) is 2. The molecule has 164 valence electrons. The van der Waals surface area contributed by atoms with Gasteiger partial charge in [-0.2, -0.15) is 5.26 Å². The Bertz CT molecular complexity index is 1250. The Morgan fingerprint density at radius 2 is 1.97 bits per heavy atom. The standard InChI is InChI=1S/C21H20ClN7O2S/c1-2-16(28-20-14(11-23)19(24)25-12-26-20)21(27-13-7-4-3-5-8-13)29-17-10-6-9-15(22)18(17)32(30)31/h3-10,12,16,32H,2H2,1H3,(H,27,29)(H3,24,25,26,28). The molecule has 0 saturated carbocycles. The van der Waals surface area contributed by atoms with Crippen molar-refractivity contribution in [2.75, 3.05) is 16.4 Å². The molecule has 0 fully saturated rings. The molecular formula is C21H20ClN7O2S. The topological polar surface area (TPSA) is 146 Å². The maximum Gasteiger partial charge on any atom is 0.171 e. The number of para-hydroxylation sites is 1. The average Bonchev–Trinajstić information content (AvgIpc) is 2.77. The number of hydrogen-bond donors (Lipinski definition) is 4. The SMILES string of the molecule is CCC(Nc1ncnc(N)c1C#N)/C(=N/c1cccc(Cl)c1[SH](=O)=O)Nc1ccccc1. The van der Waals surface area contributed by atoms with Gasteiger partial charge >= 0.3 is 0 Å². The first-order chi connectivity index (χ1) is 15.4. The van der Waals surface area contributed by atoms with Crippen LogP contribution in [0.1, 0.15) is 18.9 Å². The number of aliphatic imine (C=N–C) groups is 1. The number of benzene rings is 2. The van der Waals surface area contributed by atoms with Crippen LogP contribution in [0.15, 0.2) is 64.7 Å². The molecule has 11 heteroatoms. The first-order valence-electron chi connectivity index (χ1n) is 9.55. The lowest BCUT2D eigenvalue weighted by atomic mass is 10.1. The first kappa shape index (κ1) is 23.0. The fraction of sp³-hybridized carbons (Fsp3) is 0.143. The van der Waals surface area contributed by atoms with Gasteiger partial charge in [0.2, 0.25) is 0 Å². The summed E-state index contributed by atoms with van der Waals surface area (Å²) in [5, 5.41) is 15.9. The summed E-state index contributed by atoms with van der Waals surface area (Å²) in [5.41, 5.74) is 6.84. The number of halogens is 1. The van der Waals surface area contributed by atoms with Crippen molar-refractivity contribution in [3.05, 3.63) is 65.4 Å². The van der Waals surface area contributed by atoms with E-state index in [9.17, 15) is 13.7 Å². The lowest BCUT2D eigenvalue weighted by Crippen LogP contribution is -2.35. The van der Waals surface area contributed by atoms with Gasteiger partial charge in [-0.25, -0.2) is 23.4 Å². The van der Waals surface area contributed by atoms with Gasteiger partial charge in [-0.1, -0.05) is 42.8 Å². The molecular weight excluding hydrogens is 450 g/mol. The maximum absolute atomic E-state index is 11.8. The zero-order chi connectivity index (χ0) is 23.1. The second-order valence-electron chi connectivity index (χ2n) is 6.55. The molecule has 2 aromatic carbocycles. The minimum atomic E-state index is -2.98. The zero-order valence-electron chi connectivity index (χ0n) is 17.0. The summed E-state index contributed by atoms with van der Waals surface area (Å²) in [6.07, 6.45) is 1.77. The van der Waals surface area contributed by atoms with Gasteiger partial charge in [0.1, 0.15) is 40.3 Å². The van der Waals surface area contributed by atoms with E-state index < -0.39 is 16.7 Å². The van der Waals surface area contributed by atoms with Crippen LogP contribution in [0.3, 0.4) is 0 Å². The molecule has 1 aromatic heterocycles. The van der Waals surface area contributed by atoms with Crippen molar-refractivity contribution in [1.29, 1.82) is 5.26 Å². The van der Waals surface area contributed by atoms with Gasteiger partial charge in [0, 0.05) is 5.69 Å². The Hall–Kier alpha value is -3.68. The Labute approximate surface area is 191 Å². The highest BCUT2D eigenvalue weighted by Gasteiger charge is 2.20. The summed E-state index contributed by atoms with van der Waals surface area (Å²) in [5.74, 6) is 0.700. The van der Waals surface area contributed by atoms with E-state index in [1.807, 2.05) is 43.3 Å². The number of nitriles is 1. The second-order valence-corrected chi connectivity index (χ2v) is 7.92. The van der Waals surface area contributed by atoms with Gasteiger partial charge < -0.3 is 16.4 Å². The minimum absolute atomic E-state index is 0.0508. The molecule has 0 spiro atoms. The fourth-order valence-electron chi connectivity index (χ4n) is 2.91. The van der Waals surface area contributed by atoms with Gasteiger partial charge in [0.25, 0.3) is 0 Å². The number of aromatic nitrogens is 2. The summed E-state index contributed by atoms with van der Waals surface area (Å²) in [4.78, 5) is 12.5. The smallest absolute Gasteiger partial charge is 0.171 e. The van der Waals surface area contributed by atoms with E-state index in [4.69, 9.17) is 17.3 Å². The van der Waals surface area contributed by atoms with Crippen LogP contribution in [0.4, 0.5) is 23.0 Å². The van der Waals surface area contributed by atoms with E-state index in [1.165, 1.54) is 12.4 Å². The second kappa shape index (κ2) is 10.6. The maximum atomic E-state index is 11.8. The van der Waals surface area contributed by atoms with Crippen molar-refractivity contribution >= 4 is 51.2 Å². The minimum Gasteiger partial charge on any atom is -0.382 e. The normalized spacial score (nSPS) is 12.2. The summed E-state index contributed by atoms with van der Waals surface area (Å²) in [7, 11) is -2.98. The third kappa shape index (κ3) is 5.32. The highest BCUT2D eigenvalue weighted by atomic mass is 35.5. The van der Waals surface area contributed by atoms with Gasteiger partial charge in [-0.05, 0) is 30.7 Å². The van der Waals surface area contributed by atoms with Crippen LogP contribution >= 0.6 is 11.6 Å². The third-order valence-corrected chi connectivity index (χ3v) is 5.75. The van der Waals surface area contributed by atoms with Crippen molar-refractivity contribution in [1.82, 2.24) is 9.97 Å². The molecule has 0 saturated heterocycles. The summed E-state index contributed by atoms with van der Waals surface area (Å²) in [6.45, 7) is 1.91.